The van der Waals surface area contributed by atoms with E-state index in [1.807, 2.05) is 19.9 Å². The summed E-state index contributed by atoms with van der Waals surface area (Å²) in [4.78, 5) is 14.5. The molecule has 0 aromatic heterocycles. The number of sulfone groups is 1. The fourth-order valence-electron chi connectivity index (χ4n) is 3.84. The topological polar surface area (TPSA) is 66.5 Å². The molecule has 0 saturated carbocycles. The summed E-state index contributed by atoms with van der Waals surface area (Å²) >= 11 is 0. The number of hydrogen-bond acceptors (Lipinski definition) is 4. The van der Waals surface area contributed by atoms with Crippen molar-refractivity contribution in [1.29, 1.82) is 0 Å². The Balaban J connectivity index is 1.67. The second-order valence-corrected chi connectivity index (χ2v) is 9.11. The standard InChI is InChI=1S/C18H26N2O3S/c1-3-20(17-9-10-24(22,23)12-17)18(21)13(2)19-16-8-7-14-5-4-6-15(14)11-16/h7-8,11,13,17,19H,3-6,9-10,12H2,1-2H3/t13-,17-/m1/s1. The average Bonchev–Trinajstić information content (AvgIpc) is 3.13. The molecule has 0 unspecified atom stereocenters. The number of likely N-dealkylation sites (N-methyl/N-ethyl adjacent to an activating group) is 1. The van der Waals surface area contributed by atoms with Crippen molar-refractivity contribution in [1.82, 2.24) is 4.90 Å². The predicted molar refractivity (Wildman–Crippen MR) is 96.0 cm³/mol. The molecule has 6 heteroatoms. The van der Waals surface area contributed by atoms with Crippen LogP contribution in [0.1, 0.15) is 37.8 Å². The van der Waals surface area contributed by atoms with Gasteiger partial charge in [0.25, 0.3) is 0 Å². The van der Waals surface area contributed by atoms with Crippen LogP contribution in [0.25, 0.3) is 0 Å². The number of nitrogens with zero attached hydrogens (tertiary/aromatic N) is 1. The molecule has 0 spiro atoms. The zero-order chi connectivity index (χ0) is 17.3. The summed E-state index contributed by atoms with van der Waals surface area (Å²) in [6, 6.07) is 5.76. The smallest absolute Gasteiger partial charge is 0.245 e. The third-order valence-corrected chi connectivity index (χ3v) is 6.88. The highest BCUT2D eigenvalue weighted by Crippen LogP contribution is 2.25. The zero-order valence-electron chi connectivity index (χ0n) is 14.4. The van der Waals surface area contributed by atoms with E-state index in [4.69, 9.17) is 0 Å². The lowest BCUT2D eigenvalue weighted by Gasteiger charge is -2.30. The van der Waals surface area contributed by atoms with Crippen LogP contribution in [0.2, 0.25) is 0 Å². The quantitative estimate of drug-likeness (QED) is 0.882. The maximum absolute atomic E-state index is 12.8. The molecule has 24 heavy (non-hydrogen) atoms. The molecule has 2 aliphatic rings. The SMILES string of the molecule is CCN(C(=O)[C@@H](C)Nc1ccc2c(c1)CCC2)[C@@H]1CCS(=O)(=O)C1. The molecule has 1 fully saturated rings. The molecule has 1 aliphatic carbocycles. The minimum Gasteiger partial charge on any atom is -0.374 e. The van der Waals surface area contributed by atoms with Gasteiger partial charge in [0.15, 0.2) is 9.84 Å². The fraction of sp³-hybridized carbons (Fsp3) is 0.611. The summed E-state index contributed by atoms with van der Waals surface area (Å²) < 4.78 is 23.4. The van der Waals surface area contributed by atoms with Gasteiger partial charge in [0.1, 0.15) is 6.04 Å². The van der Waals surface area contributed by atoms with Gasteiger partial charge in [0, 0.05) is 18.3 Å². The zero-order valence-corrected chi connectivity index (χ0v) is 15.2. The molecular weight excluding hydrogens is 324 g/mol. The van der Waals surface area contributed by atoms with Crippen molar-refractivity contribution in [3.8, 4) is 0 Å². The molecule has 132 valence electrons. The van der Waals surface area contributed by atoms with Gasteiger partial charge in [-0.25, -0.2) is 8.42 Å². The molecule has 2 atom stereocenters. The van der Waals surface area contributed by atoms with Crippen LogP contribution in [0, 0.1) is 0 Å². The van der Waals surface area contributed by atoms with Crippen LogP contribution >= 0.6 is 0 Å². The lowest BCUT2D eigenvalue weighted by Crippen LogP contribution is -2.47. The van der Waals surface area contributed by atoms with Crippen molar-refractivity contribution in [3.63, 3.8) is 0 Å². The molecule has 5 nitrogen and oxygen atoms in total. The maximum Gasteiger partial charge on any atom is 0.245 e. The Hall–Kier alpha value is -1.56. The van der Waals surface area contributed by atoms with Crippen molar-refractivity contribution in [3.05, 3.63) is 29.3 Å². The number of anilines is 1. The molecule has 1 aliphatic heterocycles. The number of carbonyl (C=O) groups excluding carboxylic acids is 1. The second-order valence-electron chi connectivity index (χ2n) is 6.88. The van der Waals surface area contributed by atoms with Crippen molar-refractivity contribution in [2.45, 2.75) is 51.6 Å². The molecule has 1 aromatic rings. The van der Waals surface area contributed by atoms with Gasteiger partial charge in [-0.15, -0.1) is 0 Å². The van der Waals surface area contributed by atoms with Gasteiger partial charge in [-0.2, -0.15) is 0 Å². The van der Waals surface area contributed by atoms with Crippen LogP contribution in [0.5, 0.6) is 0 Å². The third-order valence-electron chi connectivity index (χ3n) is 5.13. The van der Waals surface area contributed by atoms with Gasteiger partial charge in [0.05, 0.1) is 11.5 Å². The normalized spacial score (nSPS) is 22.8. The fourth-order valence-corrected chi connectivity index (χ4v) is 5.57. The Morgan fingerprint density at radius 1 is 1.33 bits per heavy atom. The van der Waals surface area contributed by atoms with Gasteiger partial charge in [-0.3, -0.25) is 4.79 Å². The highest BCUT2D eigenvalue weighted by atomic mass is 32.2. The number of fused-ring (bicyclic) bond motifs is 1. The van der Waals surface area contributed by atoms with Crippen LogP contribution in [0.3, 0.4) is 0 Å². The molecule has 0 bridgehead atoms. The Morgan fingerprint density at radius 2 is 2.08 bits per heavy atom. The van der Waals surface area contributed by atoms with E-state index in [2.05, 4.69) is 17.4 Å². The van der Waals surface area contributed by atoms with Crippen LogP contribution in [0.15, 0.2) is 18.2 Å². The minimum atomic E-state index is -2.99. The Labute approximate surface area is 144 Å². The van der Waals surface area contributed by atoms with E-state index in [0.717, 1.165) is 18.5 Å². The largest absolute Gasteiger partial charge is 0.374 e. The highest BCUT2D eigenvalue weighted by molar-refractivity contribution is 7.91. The first-order valence-corrected chi connectivity index (χ1v) is 10.6. The second kappa shape index (κ2) is 6.75. The lowest BCUT2D eigenvalue weighted by atomic mass is 10.1. The number of rotatable bonds is 5. The summed E-state index contributed by atoms with van der Waals surface area (Å²) in [6.07, 6.45) is 4.00. The van der Waals surface area contributed by atoms with E-state index in [9.17, 15) is 13.2 Å². The summed E-state index contributed by atoms with van der Waals surface area (Å²) in [5.41, 5.74) is 3.74. The van der Waals surface area contributed by atoms with Crippen molar-refractivity contribution >= 4 is 21.4 Å². The molecule has 3 rings (SSSR count). The van der Waals surface area contributed by atoms with Gasteiger partial charge < -0.3 is 10.2 Å². The Morgan fingerprint density at radius 3 is 2.75 bits per heavy atom. The van der Waals surface area contributed by atoms with E-state index in [1.54, 1.807) is 4.90 Å². The van der Waals surface area contributed by atoms with Crippen molar-refractivity contribution in [2.75, 3.05) is 23.4 Å². The summed E-state index contributed by atoms with van der Waals surface area (Å²) in [6.45, 7) is 4.29. The molecule has 1 heterocycles. The highest BCUT2D eigenvalue weighted by Gasteiger charge is 2.35. The number of amides is 1. The number of hydrogen-bond donors (Lipinski definition) is 1. The van der Waals surface area contributed by atoms with Crippen LogP contribution in [-0.4, -0.2) is 49.4 Å². The lowest BCUT2D eigenvalue weighted by molar-refractivity contribution is -0.133. The maximum atomic E-state index is 12.8. The van der Waals surface area contributed by atoms with Crippen LogP contribution in [-0.2, 0) is 27.5 Å². The molecule has 1 amide bonds. The minimum absolute atomic E-state index is 0.0277. The van der Waals surface area contributed by atoms with Crippen molar-refractivity contribution < 1.29 is 13.2 Å². The van der Waals surface area contributed by atoms with E-state index in [0.29, 0.717) is 13.0 Å². The van der Waals surface area contributed by atoms with Crippen molar-refractivity contribution in [2.24, 2.45) is 0 Å². The molecule has 0 radical (unpaired) electrons. The van der Waals surface area contributed by atoms with E-state index >= 15 is 0 Å². The Bertz CT molecular complexity index is 730. The van der Waals surface area contributed by atoms with E-state index in [1.165, 1.54) is 17.5 Å². The number of aryl methyl sites for hydroxylation is 2. The molecule has 1 saturated heterocycles. The summed E-state index contributed by atoms with van der Waals surface area (Å²) in [7, 11) is -2.99. The predicted octanol–water partition coefficient (Wildman–Crippen LogP) is 2.01. The van der Waals surface area contributed by atoms with Gasteiger partial charge in [0.2, 0.25) is 5.91 Å². The van der Waals surface area contributed by atoms with Crippen LogP contribution < -0.4 is 5.32 Å². The number of carbonyl (C=O) groups is 1. The van der Waals surface area contributed by atoms with Gasteiger partial charge in [-0.1, -0.05) is 6.07 Å². The van der Waals surface area contributed by atoms with Gasteiger partial charge in [-0.05, 0) is 62.8 Å². The average molecular weight is 350 g/mol. The molecule has 1 N–H and O–H groups in total. The third kappa shape index (κ3) is 3.58. The monoisotopic (exact) mass is 350 g/mol. The van der Waals surface area contributed by atoms with Crippen LogP contribution in [0.4, 0.5) is 5.69 Å². The first-order chi connectivity index (χ1) is 11.4. The molecule has 1 aromatic carbocycles. The first-order valence-electron chi connectivity index (χ1n) is 8.79. The van der Waals surface area contributed by atoms with Gasteiger partial charge >= 0.3 is 0 Å². The first kappa shape index (κ1) is 17.3. The van der Waals surface area contributed by atoms with E-state index < -0.39 is 9.84 Å². The van der Waals surface area contributed by atoms with E-state index in [-0.39, 0.29) is 29.5 Å². The number of nitrogens with one attached hydrogen (secondary N) is 1. The summed E-state index contributed by atoms with van der Waals surface area (Å²) in [5, 5.41) is 3.29. The number of benzene rings is 1. The molecular formula is C18H26N2O3S. The summed E-state index contributed by atoms with van der Waals surface area (Å²) in [5.74, 6) is 0.256. The Kier molecular flexibility index (Phi) is 4.85.